The Hall–Kier alpha value is -4.87. The van der Waals surface area contributed by atoms with Gasteiger partial charge in [-0.25, -0.2) is 4.39 Å². The summed E-state index contributed by atoms with van der Waals surface area (Å²) in [7, 11) is 1.61. The molecule has 4 aromatic rings. The number of aromatic nitrogens is 3. The van der Waals surface area contributed by atoms with Crippen molar-refractivity contribution in [2.75, 3.05) is 48.8 Å². The second kappa shape index (κ2) is 11.1. The number of primary amides is 1. The lowest BCUT2D eigenvalue weighted by Crippen LogP contribution is -2.44. The van der Waals surface area contributed by atoms with E-state index < -0.39 is 11.7 Å². The predicted octanol–water partition coefficient (Wildman–Crippen LogP) is 4.80. The zero-order valence-electron chi connectivity index (χ0n) is 24.5. The molecule has 2 amide bonds. The van der Waals surface area contributed by atoms with Gasteiger partial charge in [0.2, 0.25) is 11.9 Å². The molecule has 224 valence electrons. The largest absolute Gasteiger partial charge is 0.495 e. The molecule has 5 N–H and O–H groups in total. The summed E-state index contributed by atoms with van der Waals surface area (Å²) in [6, 6.07) is 10.0. The Balaban J connectivity index is 1.37. The number of anilines is 5. The fourth-order valence-corrected chi connectivity index (χ4v) is 5.92. The standard InChI is InChI=1S/C31H35FN8O3/c1-31(2)10-14-40(17-25(41)39-12-4-5-13-39)23-16-22(24(43-3)15-19(23)31)36-30-37-28-18(9-11-34-28)29(38-30)35-21-8-6-7-20(32)26(21)27(33)42/h6-9,11,15-16H,4-5,10,12-14,17H2,1-3H3,(H2,33,42)(H3,34,35,36,37,38). The molecule has 12 heteroatoms. The molecule has 0 aliphatic carbocycles. The van der Waals surface area contributed by atoms with Crippen molar-refractivity contribution < 1.29 is 18.7 Å². The van der Waals surface area contributed by atoms with Gasteiger partial charge in [-0.2, -0.15) is 9.97 Å². The number of nitrogens with two attached hydrogens (primary N) is 1. The minimum absolute atomic E-state index is 0.117. The van der Waals surface area contributed by atoms with Gasteiger partial charge >= 0.3 is 0 Å². The van der Waals surface area contributed by atoms with Gasteiger partial charge in [0.1, 0.15) is 23.0 Å². The molecule has 1 fully saturated rings. The van der Waals surface area contributed by atoms with Gasteiger partial charge in [-0.3, -0.25) is 9.59 Å². The number of likely N-dealkylation sites (tertiary alicyclic amines) is 1. The number of hydrogen-bond acceptors (Lipinski definition) is 8. The van der Waals surface area contributed by atoms with Crippen LogP contribution in [0.3, 0.4) is 0 Å². The number of fused-ring (bicyclic) bond motifs is 2. The normalized spacial score (nSPS) is 15.8. The SMILES string of the molecule is COc1cc2c(cc1Nc1nc(Nc3cccc(F)c3C(N)=O)c3cc[nH]c3n1)N(CC(=O)N1CCCC1)CCC2(C)C. The molecule has 1 saturated heterocycles. The van der Waals surface area contributed by atoms with Crippen molar-refractivity contribution >= 4 is 51.7 Å². The first-order chi connectivity index (χ1) is 20.6. The number of carbonyl (C=O) groups excluding carboxylic acids is 2. The second-order valence-corrected chi connectivity index (χ2v) is 11.6. The van der Waals surface area contributed by atoms with E-state index in [-0.39, 0.29) is 28.5 Å². The number of nitrogens with one attached hydrogen (secondary N) is 3. The van der Waals surface area contributed by atoms with Crippen LogP contribution in [-0.2, 0) is 10.2 Å². The summed E-state index contributed by atoms with van der Waals surface area (Å²) in [4.78, 5) is 41.6. The molecule has 0 bridgehead atoms. The zero-order chi connectivity index (χ0) is 30.3. The molecule has 2 aromatic heterocycles. The Labute approximate surface area is 248 Å². The summed E-state index contributed by atoms with van der Waals surface area (Å²) in [6.07, 6.45) is 4.71. The number of benzene rings is 2. The average molecular weight is 587 g/mol. The minimum atomic E-state index is -0.896. The number of nitrogens with zero attached hydrogens (tertiary/aromatic N) is 4. The van der Waals surface area contributed by atoms with Crippen molar-refractivity contribution in [3.05, 3.63) is 59.5 Å². The third kappa shape index (κ3) is 5.40. The Kier molecular flexibility index (Phi) is 7.28. The Bertz CT molecular complexity index is 1710. The summed E-state index contributed by atoms with van der Waals surface area (Å²) in [5.41, 5.74) is 8.47. The molecule has 11 nitrogen and oxygen atoms in total. The number of aromatic amines is 1. The molecule has 0 unspecified atom stereocenters. The van der Waals surface area contributed by atoms with Crippen LogP contribution >= 0.6 is 0 Å². The molecular formula is C31H35FN8O3. The van der Waals surface area contributed by atoms with Crippen LogP contribution in [0.25, 0.3) is 11.0 Å². The Morgan fingerprint density at radius 3 is 2.63 bits per heavy atom. The lowest BCUT2D eigenvalue weighted by atomic mass is 9.77. The van der Waals surface area contributed by atoms with Crippen LogP contribution in [0.1, 0.15) is 49.0 Å². The number of rotatable bonds is 8. The predicted molar refractivity (Wildman–Crippen MR) is 164 cm³/mol. The van der Waals surface area contributed by atoms with E-state index in [0.717, 1.165) is 50.1 Å². The fraction of sp³-hybridized carbons (Fsp3) is 0.355. The van der Waals surface area contributed by atoms with E-state index in [1.165, 1.54) is 12.1 Å². The highest BCUT2D eigenvalue weighted by Gasteiger charge is 2.34. The molecule has 2 aliphatic rings. The Morgan fingerprint density at radius 1 is 1.09 bits per heavy atom. The van der Waals surface area contributed by atoms with Crippen molar-refractivity contribution in [3.63, 3.8) is 0 Å². The van der Waals surface area contributed by atoms with Crippen molar-refractivity contribution in [2.45, 2.75) is 38.5 Å². The first-order valence-corrected chi connectivity index (χ1v) is 14.4. The first kappa shape index (κ1) is 28.3. The molecule has 0 radical (unpaired) electrons. The minimum Gasteiger partial charge on any atom is -0.495 e. The molecule has 2 aliphatic heterocycles. The monoisotopic (exact) mass is 586 g/mol. The number of hydrogen-bond donors (Lipinski definition) is 4. The third-order valence-electron chi connectivity index (χ3n) is 8.35. The Morgan fingerprint density at radius 2 is 1.88 bits per heavy atom. The van der Waals surface area contributed by atoms with Crippen molar-refractivity contribution in [1.29, 1.82) is 0 Å². The quantitative estimate of drug-likeness (QED) is 0.231. The number of amides is 2. The van der Waals surface area contributed by atoms with Crippen LogP contribution in [0.5, 0.6) is 5.75 Å². The summed E-state index contributed by atoms with van der Waals surface area (Å²) in [5, 5.41) is 6.99. The van der Waals surface area contributed by atoms with E-state index in [0.29, 0.717) is 34.8 Å². The molecular weight excluding hydrogens is 551 g/mol. The smallest absolute Gasteiger partial charge is 0.253 e. The molecule has 0 atom stereocenters. The highest BCUT2D eigenvalue weighted by molar-refractivity contribution is 6.01. The summed E-state index contributed by atoms with van der Waals surface area (Å²) < 4.78 is 20.3. The highest BCUT2D eigenvalue weighted by Crippen LogP contribution is 2.45. The van der Waals surface area contributed by atoms with E-state index in [9.17, 15) is 14.0 Å². The maximum Gasteiger partial charge on any atom is 0.253 e. The molecule has 43 heavy (non-hydrogen) atoms. The first-order valence-electron chi connectivity index (χ1n) is 14.4. The molecule has 2 aromatic carbocycles. The maximum atomic E-state index is 14.5. The summed E-state index contributed by atoms with van der Waals surface area (Å²) in [5.74, 6) is -0.305. The van der Waals surface area contributed by atoms with Gasteiger partial charge in [0.25, 0.3) is 5.91 Å². The van der Waals surface area contributed by atoms with Gasteiger partial charge in [-0.05, 0) is 60.6 Å². The number of carbonyl (C=O) groups is 2. The third-order valence-corrected chi connectivity index (χ3v) is 8.35. The van der Waals surface area contributed by atoms with E-state index >= 15 is 0 Å². The van der Waals surface area contributed by atoms with E-state index in [2.05, 4.69) is 44.3 Å². The van der Waals surface area contributed by atoms with Crippen LogP contribution in [-0.4, -0.2) is 65.0 Å². The fourth-order valence-electron chi connectivity index (χ4n) is 5.92. The van der Waals surface area contributed by atoms with Gasteiger partial charge in [0.15, 0.2) is 0 Å². The van der Waals surface area contributed by atoms with Crippen LogP contribution in [0, 0.1) is 5.82 Å². The molecule has 0 spiro atoms. The van der Waals surface area contributed by atoms with Gasteiger partial charge in [0.05, 0.1) is 36.0 Å². The zero-order valence-corrected chi connectivity index (χ0v) is 24.5. The van der Waals surface area contributed by atoms with E-state index in [1.807, 2.05) is 17.0 Å². The van der Waals surface area contributed by atoms with Gasteiger partial charge in [-0.1, -0.05) is 19.9 Å². The molecule has 0 saturated carbocycles. The number of halogens is 1. The van der Waals surface area contributed by atoms with E-state index in [4.69, 9.17) is 10.5 Å². The number of methoxy groups -OCH3 is 1. The number of H-pyrrole nitrogens is 1. The molecule has 4 heterocycles. The van der Waals surface area contributed by atoms with Gasteiger partial charge in [0, 0.05) is 31.5 Å². The lowest BCUT2D eigenvalue weighted by molar-refractivity contribution is -0.128. The summed E-state index contributed by atoms with van der Waals surface area (Å²) >= 11 is 0. The maximum absolute atomic E-state index is 14.5. The van der Waals surface area contributed by atoms with Crippen LogP contribution in [0.4, 0.5) is 33.2 Å². The van der Waals surface area contributed by atoms with Crippen LogP contribution < -0.4 is 26.0 Å². The highest BCUT2D eigenvalue weighted by atomic mass is 19.1. The summed E-state index contributed by atoms with van der Waals surface area (Å²) in [6.45, 7) is 7.08. The van der Waals surface area contributed by atoms with Crippen molar-refractivity contribution in [2.24, 2.45) is 5.73 Å². The second-order valence-electron chi connectivity index (χ2n) is 11.6. The average Bonchev–Trinajstić information content (AvgIpc) is 3.67. The van der Waals surface area contributed by atoms with Gasteiger partial charge in [-0.15, -0.1) is 0 Å². The topological polar surface area (TPSA) is 142 Å². The lowest BCUT2D eigenvalue weighted by Gasteiger charge is -2.41. The number of ether oxygens (including phenoxy) is 1. The van der Waals surface area contributed by atoms with Crippen LogP contribution in [0.15, 0.2) is 42.6 Å². The van der Waals surface area contributed by atoms with Crippen molar-refractivity contribution in [3.8, 4) is 5.75 Å². The molecule has 6 rings (SSSR count). The van der Waals surface area contributed by atoms with Crippen molar-refractivity contribution in [1.82, 2.24) is 19.9 Å². The van der Waals surface area contributed by atoms with Gasteiger partial charge < -0.3 is 35.9 Å². The van der Waals surface area contributed by atoms with Crippen LogP contribution in [0.2, 0.25) is 0 Å². The van der Waals surface area contributed by atoms with E-state index in [1.54, 1.807) is 25.4 Å².